The molecule has 0 radical (unpaired) electrons. The quantitative estimate of drug-likeness (QED) is 0.694. The van der Waals surface area contributed by atoms with Crippen molar-refractivity contribution in [3.63, 3.8) is 0 Å². The first-order valence-corrected chi connectivity index (χ1v) is 6.00. The summed E-state index contributed by atoms with van der Waals surface area (Å²) < 4.78 is 42.1. The highest BCUT2D eigenvalue weighted by Crippen LogP contribution is 2.30. The van der Waals surface area contributed by atoms with E-state index < -0.39 is 23.7 Å². The molecule has 4 nitrogen and oxygen atoms in total. The Morgan fingerprint density at radius 3 is 1.82 bits per heavy atom. The fourth-order valence-electron chi connectivity index (χ4n) is 1.63. The van der Waals surface area contributed by atoms with E-state index in [-0.39, 0.29) is 16.9 Å². The zero-order valence-corrected chi connectivity index (χ0v) is 10.9. The van der Waals surface area contributed by atoms with Crippen LogP contribution in [0.3, 0.4) is 0 Å². The third kappa shape index (κ3) is 3.63. The van der Waals surface area contributed by atoms with Gasteiger partial charge in [-0.3, -0.25) is 0 Å². The number of ether oxygens (including phenoxy) is 1. The van der Waals surface area contributed by atoms with E-state index in [4.69, 9.17) is 9.84 Å². The molecule has 0 saturated carbocycles. The molecule has 0 aromatic heterocycles. The lowest BCUT2D eigenvalue weighted by atomic mass is 10.1. The van der Waals surface area contributed by atoms with Gasteiger partial charge in [-0.25, -0.2) is 9.59 Å². The van der Waals surface area contributed by atoms with Gasteiger partial charge in [0.05, 0.1) is 16.7 Å². The van der Waals surface area contributed by atoms with Crippen LogP contribution in [0.1, 0.15) is 26.3 Å². The normalized spacial score (nSPS) is 11.0. The molecule has 2 aromatic rings. The minimum absolute atomic E-state index is 0.00563. The van der Waals surface area contributed by atoms with Gasteiger partial charge in [-0.2, -0.15) is 13.2 Å². The SMILES string of the molecule is O=C(O)c1ccc(C(=O)Oc2ccc(C(F)(F)F)cc2)cc1. The van der Waals surface area contributed by atoms with E-state index in [0.29, 0.717) is 0 Å². The fraction of sp³-hybridized carbons (Fsp3) is 0.0667. The highest BCUT2D eigenvalue weighted by molar-refractivity contribution is 5.93. The van der Waals surface area contributed by atoms with Crippen molar-refractivity contribution in [2.45, 2.75) is 6.18 Å². The number of carbonyl (C=O) groups is 2. The zero-order chi connectivity index (χ0) is 16.3. The lowest BCUT2D eigenvalue weighted by Gasteiger charge is -2.08. The van der Waals surface area contributed by atoms with Gasteiger partial charge >= 0.3 is 18.1 Å². The van der Waals surface area contributed by atoms with Gasteiger partial charge in [-0.15, -0.1) is 0 Å². The molecular formula is C15H9F3O4. The van der Waals surface area contributed by atoms with E-state index in [1.54, 1.807) is 0 Å². The first-order valence-electron chi connectivity index (χ1n) is 6.00. The van der Waals surface area contributed by atoms with Crippen LogP contribution in [0.25, 0.3) is 0 Å². The Hall–Kier alpha value is -2.83. The van der Waals surface area contributed by atoms with Crippen LogP contribution >= 0.6 is 0 Å². The molecule has 0 unspecified atom stereocenters. The number of hydrogen-bond donors (Lipinski definition) is 1. The maximum atomic E-state index is 12.4. The molecule has 2 rings (SSSR count). The van der Waals surface area contributed by atoms with Gasteiger partial charge in [-0.1, -0.05) is 0 Å². The molecule has 0 fully saturated rings. The Bertz CT molecular complexity index is 688. The second-order valence-corrected chi connectivity index (χ2v) is 4.29. The largest absolute Gasteiger partial charge is 0.478 e. The summed E-state index contributed by atoms with van der Waals surface area (Å²) in [5, 5.41) is 8.73. The molecule has 0 spiro atoms. The van der Waals surface area contributed by atoms with Gasteiger partial charge in [0, 0.05) is 0 Å². The number of carboxylic acids is 1. The second kappa shape index (κ2) is 5.88. The first kappa shape index (κ1) is 15.6. The van der Waals surface area contributed by atoms with Gasteiger partial charge in [-0.05, 0) is 48.5 Å². The molecule has 0 heterocycles. The lowest BCUT2D eigenvalue weighted by molar-refractivity contribution is -0.137. The minimum Gasteiger partial charge on any atom is -0.478 e. The molecule has 114 valence electrons. The Morgan fingerprint density at radius 2 is 1.36 bits per heavy atom. The highest BCUT2D eigenvalue weighted by atomic mass is 19.4. The number of aromatic carboxylic acids is 1. The van der Waals surface area contributed by atoms with Crippen LogP contribution in [0.15, 0.2) is 48.5 Å². The number of alkyl halides is 3. The van der Waals surface area contributed by atoms with Crippen molar-refractivity contribution in [2.75, 3.05) is 0 Å². The summed E-state index contributed by atoms with van der Waals surface area (Å²) in [6.07, 6.45) is -4.46. The van der Waals surface area contributed by atoms with Gasteiger partial charge in [0.15, 0.2) is 0 Å². The van der Waals surface area contributed by atoms with Crippen molar-refractivity contribution in [2.24, 2.45) is 0 Å². The average molecular weight is 310 g/mol. The Kier molecular flexibility index (Phi) is 4.16. The Morgan fingerprint density at radius 1 is 0.864 bits per heavy atom. The Balaban J connectivity index is 2.10. The molecule has 2 aromatic carbocycles. The lowest BCUT2D eigenvalue weighted by Crippen LogP contribution is -2.09. The molecule has 1 N–H and O–H groups in total. The second-order valence-electron chi connectivity index (χ2n) is 4.29. The maximum absolute atomic E-state index is 12.4. The van der Waals surface area contributed by atoms with E-state index in [1.165, 1.54) is 24.3 Å². The Labute approximate surface area is 122 Å². The monoisotopic (exact) mass is 310 g/mol. The molecular weight excluding hydrogens is 301 g/mol. The molecule has 0 bridgehead atoms. The smallest absolute Gasteiger partial charge is 0.416 e. The summed E-state index contributed by atoms with van der Waals surface area (Å²) in [5.41, 5.74) is -0.755. The van der Waals surface area contributed by atoms with Crippen molar-refractivity contribution in [3.8, 4) is 5.75 Å². The van der Waals surface area contributed by atoms with Crippen molar-refractivity contribution in [1.82, 2.24) is 0 Å². The third-order valence-corrected chi connectivity index (χ3v) is 2.76. The molecule has 0 atom stereocenters. The highest BCUT2D eigenvalue weighted by Gasteiger charge is 2.30. The number of halogens is 3. The van der Waals surface area contributed by atoms with Crippen LogP contribution in [-0.2, 0) is 6.18 Å². The molecule has 0 aliphatic carbocycles. The van der Waals surface area contributed by atoms with E-state index in [0.717, 1.165) is 24.3 Å². The molecule has 22 heavy (non-hydrogen) atoms. The van der Waals surface area contributed by atoms with Crippen LogP contribution in [0.2, 0.25) is 0 Å². The number of carbonyl (C=O) groups excluding carboxylic acids is 1. The predicted molar refractivity (Wildman–Crippen MR) is 69.8 cm³/mol. The van der Waals surface area contributed by atoms with E-state index in [9.17, 15) is 22.8 Å². The van der Waals surface area contributed by atoms with Crippen molar-refractivity contribution in [1.29, 1.82) is 0 Å². The molecule has 7 heteroatoms. The van der Waals surface area contributed by atoms with Crippen LogP contribution in [-0.4, -0.2) is 17.0 Å². The molecule has 0 saturated heterocycles. The van der Waals surface area contributed by atoms with Crippen molar-refractivity contribution in [3.05, 3.63) is 65.2 Å². The number of benzene rings is 2. The van der Waals surface area contributed by atoms with Crippen molar-refractivity contribution >= 4 is 11.9 Å². The molecule has 0 aliphatic heterocycles. The standard InChI is InChI=1S/C15H9F3O4/c16-15(17,18)11-5-7-12(8-6-11)22-14(21)10-3-1-9(2-4-10)13(19)20/h1-8H,(H,19,20). The van der Waals surface area contributed by atoms with E-state index in [2.05, 4.69) is 0 Å². The van der Waals surface area contributed by atoms with Gasteiger partial charge < -0.3 is 9.84 Å². The van der Waals surface area contributed by atoms with Gasteiger partial charge in [0.25, 0.3) is 0 Å². The van der Waals surface area contributed by atoms with Crippen LogP contribution in [0, 0.1) is 0 Å². The van der Waals surface area contributed by atoms with Gasteiger partial charge in [0.1, 0.15) is 5.75 Å². The van der Waals surface area contributed by atoms with Crippen LogP contribution in [0.4, 0.5) is 13.2 Å². The number of esters is 1. The van der Waals surface area contributed by atoms with E-state index >= 15 is 0 Å². The fourth-order valence-corrected chi connectivity index (χ4v) is 1.63. The topological polar surface area (TPSA) is 63.6 Å². The predicted octanol–water partition coefficient (Wildman–Crippen LogP) is 3.62. The summed E-state index contributed by atoms with van der Waals surface area (Å²) in [5.74, 6) is -1.97. The van der Waals surface area contributed by atoms with Gasteiger partial charge in [0.2, 0.25) is 0 Å². The third-order valence-electron chi connectivity index (χ3n) is 2.76. The number of carboxylic acid groups (broad SMARTS) is 1. The van der Waals surface area contributed by atoms with E-state index in [1.807, 2.05) is 0 Å². The molecule has 0 amide bonds. The average Bonchev–Trinajstić information content (AvgIpc) is 2.47. The number of hydrogen-bond acceptors (Lipinski definition) is 3. The summed E-state index contributed by atoms with van der Waals surface area (Å²) in [6.45, 7) is 0. The maximum Gasteiger partial charge on any atom is 0.416 e. The number of rotatable bonds is 3. The summed E-state index contributed by atoms with van der Waals surface area (Å²) in [6, 6.07) is 8.65. The van der Waals surface area contributed by atoms with Crippen molar-refractivity contribution < 1.29 is 32.6 Å². The summed E-state index contributed by atoms with van der Waals surface area (Å²) >= 11 is 0. The first-order chi connectivity index (χ1) is 10.3. The van der Waals surface area contributed by atoms with Crippen LogP contribution < -0.4 is 4.74 Å². The van der Waals surface area contributed by atoms with Crippen LogP contribution in [0.5, 0.6) is 5.75 Å². The minimum atomic E-state index is -4.46. The summed E-state index contributed by atoms with van der Waals surface area (Å²) in [4.78, 5) is 22.5. The molecule has 0 aliphatic rings. The summed E-state index contributed by atoms with van der Waals surface area (Å²) in [7, 11) is 0. The zero-order valence-electron chi connectivity index (χ0n) is 10.9.